The summed E-state index contributed by atoms with van der Waals surface area (Å²) in [5, 5.41) is 0. The first-order valence-electron chi connectivity index (χ1n) is 7.11. The van der Waals surface area contributed by atoms with Gasteiger partial charge in [-0.25, -0.2) is 4.39 Å². The molecule has 2 nitrogen and oxygen atoms in total. The Morgan fingerprint density at radius 2 is 1.67 bits per heavy atom. The fourth-order valence-corrected chi connectivity index (χ4v) is 2.20. The van der Waals surface area contributed by atoms with E-state index in [-0.39, 0.29) is 11.2 Å². The van der Waals surface area contributed by atoms with E-state index < -0.39 is 6.04 Å². The van der Waals surface area contributed by atoms with Gasteiger partial charge in [0.1, 0.15) is 17.3 Å². The predicted octanol–water partition coefficient (Wildman–Crippen LogP) is 4.94. The summed E-state index contributed by atoms with van der Waals surface area (Å²) in [6, 6.07) is 12.2. The molecule has 0 bridgehead atoms. The molecule has 0 fully saturated rings. The molecule has 2 N–H and O–H groups in total. The molecule has 0 spiro atoms. The second-order valence-corrected chi connectivity index (χ2v) is 6.32. The maximum absolute atomic E-state index is 13.9. The smallest absolute Gasteiger partial charge is 0.135 e. The first-order valence-corrected chi connectivity index (χ1v) is 7.11. The molecule has 0 saturated heterocycles. The van der Waals surface area contributed by atoms with E-state index in [1.54, 1.807) is 19.1 Å². The molecule has 0 radical (unpaired) electrons. The van der Waals surface area contributed by atoms with Gasteiger partial charge in [-0.05, 0) is 42.2 Å². The van der Waals surface area contributed by atoms with Crippen molar-refractivity contribution in [2.75, 3.05) is 0 Å². The van der Waals surface area contributed by atoms with E-state index in [2.05, 4.69) is 20.8 Å². The van der Waals surface area contributed by atoms with Gasteiger partial charge in [0, 0.05) is 11.6 Å². The molecule has 2 rings (SSSR count). The SMILES string of the molecule is CC(N)c1c(F)cccc1Oc1ccc(C(C)(C)C)cc1. The standard InChI is InChI=1S/C18H22FNO/c1-12(20)17-15(19)6-5-7-16(17)21-14-10-8-13(9-11-14)18(2,3)4/h5-12H,20H2,1-4H3. The van der Waals surface area contributed by atoms with Crippen LogP contribution in [0.1, 0.15) is 44.9 Å². The Kier molecular flexibility index (Phi) is 4.33. The van der Waals surface area contributed by atoms with Gasteiger partial charge < -0.3 is 10.5 Å². The van der Waals surface area contributed by atoms with Crippen LogP contribution >= 0.6 is 0 Å². The van der Waals surface area contributed by atoms with Gasteiger partial charge in [0.2, 0.25) is 0 Å². The lowest BCUT2D eigenvalue weighted by molar-refractivity contribution is 0.460. The molecule has 0 aliphatic carbocycles. The summed E-state index contributed by atoms with van der Waals surface area (Å²) in [5.41, 5.74) is 7.55. The molecule has 1 atom stereocenters. The second kappa shape index (κ2) is 5.86. The van der Waals surface area contributed by atoms with Crippen molar-refractivity contribution < 1.29 is 9.13 Å². The van der Waals surface area contributed by atoms with Crippen molar-refractivity contribution in [3.63, 3.8) is 0 Å². The van der Waals surface area contributed by atoms with Crippen molar-refractivity contribution in [2.45, 2.75) is 39.2 Å². The third kappa shape index (κ3) is 3.61. The van der Waals surface area contributed by atoms with Crippen molar-refractivity contribution in [1.82, 2.24) is 0 Å². The van der Waals surface area contributed by atoms with Crippen LogP contribution in [0.3, 0.4) is 0 Å². The molecule has 0 amide bonds. The summed E-state index contributed by atoms with van der Waals surface area (Å²) in [6.07, 6.45) is 0. The Morgan fingerprint density at radius 3 is 2.19 bits per heavy atom. The van der Waals surface area contributed by atoms with Crippen LogP contribution in [0, 0.1) is 5.82 Å². The number of nitrogens with two attached hydrogens (primary N) is 1. The summed E-state index contributed by atoms with van der Waals surface area (Å²) in [4.78, 5) is 0. The fraction of sp³-hybridized carbons (Fsp3) is 0.333. The maximum atomic E-state index is 13.9. The highest BCUT2D eigenvalue weighted by atomic mass is 19.1. The molecule has 1 unspecified atom stereocenters. The van der Waals surface area contributed by atoms with E-state index >= 15 is 0 Å². The highest BCUT2D eigenvalue weighted by Crippen LogP contribution is 2.32. The summed E-state index contributed by atoms with van der Waals surface area (Å²) in [6.45, 7) is 8.21. The monoisotopic (exact) mass is 287 g/mol. The van der Waals surface area contributed by atoms with Crippen LogP contribution in [-0.4, -0.2) is 0 Å². The summed E-state index contributed by atoms with van der Waals surface area (Å²) < 4.78 is 19.7. The van der Waals surface area contributed by atoms with Crippen LogP contribution in [0.25, 0.3) is 0 Å². The van der Waals surface area contributed by atoms with Crippen LogP contribution in [-0.2, 0) is 5.41 Å². The van der Waals surface area contributed by atoms with E-state index in [0.29, 0.717) is 17.1 Å². The van der Waals surface area contributed by atoms with Crippen molar-refractivity contribution >= 4 is 0 Å². The van der Waals surface area contributed by atoms with E-state index in [4.69, 9.17) is 10.5 Å². The summed E-state index contributed by atoms with van der Waals surface area (Å²) in [5.74, 6) is 0.804. The number of benzene rings is 2. The fourth-order valence-electron chi connectivity index (χ4n) is 2.20. The quantitative estimate of drug-likeness (QED) is 0.868. The Hall–Kier alpha value is -1.87. The van der Waals surface area contributed by atoms with Crippen LogP contribution in [0.4, 0.5) is 4.39 Å². The third-order valence-electron chi connectivity index (χ3n) is 3.42. The normalized spacial score (nSPS) is 13.0. The van der Waals surface area contributed by atoms with Crippen molar-refractivity contribution in [3.8, 4) is 11.5 Å². The molecule has 0 aliphatic rings. The number of rotatable bonds is 3. The van der Waals surface area contributed by atoms with Gasteiger partial charge in [-0.15, -0.1) is 0 Å². The number of halogens is 1. The lowest BCUT2D eigenvalue weighted by Crippen LogP contribution is -2.10. The summed E-state index contributed by atoms with van der Waals surface area (Å²) in [7, 11) is 0. The van der Waals surface area contributed by atoms with Gasteiger partial charge in [0.25, 0.3) is 0 Å². The average Bonchev–Trinajstić information content (AvgIpc) is 2.38. The molecule has 21 heavy (non-hydrogen) atoms. The molecule has 0 aliphatic heterocycles. The minimum atomic E-state index is -0.421. The number of ether oxygens (including phenoxy) is 1. The first kappa shape index (κ1) is 15.5. The van der Waals surface area contributed by atoms with Gasteiger partial charge >= 0.3 is 0 Å². The Balaban J connectivity index is 2.29. The molecule has 3 heteroatoms. The average molecular weight is 287 g/mol. The van der Waals surface area contributed by atoms with Crippen LogP contribution in [0.2, 0.25) is 0 Å². The zero-order valence-corrected chi connectivity index (χ0v) is 13.0. The Morgan fingerprint density at radius 1 is 1.05 bits per heavy atom. The van der Waals surface area contributed by atoms with Gasteiger partial charge in [-0.1, -0.05) is 39.0 Å². The maximum Gasteiger partial charge on any atom is 0.135 e. The van der Waals surface area contributed by atoms with Crippen LogP contribution in [0.5, 0.6) is 11.5 Å². The Labute approximate surface area is 125 Å². The minimum absolute atomic E-state index is 0.0916. The first-order chi connectivity index (χ1) is 9.79. The van der Waals surface area contributed by atoms with E-state index in [0.717, 1.165) is 0 Å². The zero-order chi connectivity index (χ0) is 15.6. The van der Waals surface area contributed by atoms with E-state index in [1.165, 1.54) is 11.6 Å². The zero-order valence-electron chi connectivity index (χ0n) is 13.0. The molecule has 112 valence electrons. The van der Waals surface area contributed by atoms with Crippen molar-refractivity contribution in [2.24, 2.45) is 5.73 Å². The largest absolute Gasteiger partial charge is 0.457 e. The van der Waals surface area contributed by atoms with Crippen LogP contribution in [0.15, 0.2) is 42.5 Å². The lowest BCUT2D eigenvalue weighted by atomic mass is 9.87. The molecule has 0 aromatic heterocycles. The van der Waals surface area contributed by atoms with Gasteiger partial charge in [-0.3, -0.25) is 0 Å². The van der Waals surface area contributed by atoms with Crippen LogP contribution < -0.4 is 10.5 Å². The van der Waals surface area contributed by atoms with Gasteiger partial charge in [-0.2, -0.15) is 0 Å². The highest BCUT2D eigenvalue weighted by molar-refractivity contribution is 5.41. The summed E-state index contributed by atoms with van der Waals surface area (Å²) >= 11 is 0. The molecular weight excluding hydrogens is 265 g/mol. The molecular formula is C18H22FNO. The molecule has 2 aromatic rings. The highest BCUT2D eigenvalue weighted by Gasteiger charge is 2.16. The second-order valence-electron chi connectivity index (χ2n) is 6.32. The predicted molar refractivity (Wildman–Crippen MR) is 84.2 cm³/mol. The van der Waals surface area contributed by atoms with Gasteiger partial charge in [0.05, 0.1) is 0 Å². The van der Waals surface area contributed by atoms with E-state index in [9.17, 15) is 4.39 Å². The molecule has 2 aromatic carbocycles. The Bertz CT molecular complexity index is 612. The van der Waals surface area contributed by atoms with Crippen molar-refractivity contribution in [1.29, 1.82) is 0 Å². The number of hydrogen-bond acceptors (Lipinski definition) is 2. The molecule has 0 saturated carbocycles. The van der Waals surface area contributed by atoms with E-state index in [1.807, 2.05) is 24.3 Å². The molecule has 0 heterocycles. The van der Waals surface area contributed by atoms with Crippen molar-refractivity contribution in [3.05, 3.63) is 59.4 Å². The minimum Gasteiger partial charge on any atom is -0.457 e. The number of hydrogen-bond donors (Lipinski definition) is 1. The topological polar surface area (TPSA) is 35.2 Å². The lowest BCUT2D eigenvalue weighted by Gasteiger charge is -2.19. The third-order valence-corrected chi connectivity index (χ3v) is 3.42. The van der Waals surface area contributed by atoms with Gasteiger partial charge in [0.15, 0.2) is 0 Å².